The normalized spacial score (nSPS) is 16.7. The van der Waals surface area contributed by atoms with E-state index in [1.54, 1.807) is 0 Å². The number of carbonyl (C=O) groups is 1. The molecule has 0 unspecified atom stereocenters. The number of benzene rings is 2. The van der Waals surface area contributed by atoms with Crippen molar-refractivity contribution in [2.75, 3.05) is 39.5 Å². The number of carbonyl (C=O) groups excluding carboxylic acids is 1. The van der Waals surface area contributed by atoms with Crippen LogP contribution in [0.25, 0.3) is 5.57 Å². The van der Waals surface area contributed by atoms with E-state index < -0.39 is 0 Å². The number of nitrogens with zero attached hydrogens (tertiary/aromatic N) is 1. The van der Waals surface area contributed by atoms with Crippen LogP contribution in [0.5, 0.6) is 0 Å². The molecule has 0 bridgehead atoms. The van der Waals surface area contributed by atoms with Gasteiger partial charge in [0.05, 0.1) is 25.7 Å². The average Bonchev–Trinajstić information content (AvgIpc) is 2.78. The monoisotopic (exact) mass is 421 g/mol. The second-order valence-corrected chi connectivity index (χ2v) is 8.21. The van der Waals surface area contributed by atoms with Crippen molar-refractivity contribution in [2.45, 2.75) is 33.6 Å². The van der Waals surface area contributed by atoms with Crippen molar-refractivity contribution in [2.24, 2.45) is 5.92 Å². The van der Waals surface area contributed by atoms with Gasteiger partial charge in [0, 0.05) is 13.1 Å². The van der Waals surface area contributed by atoms with Gasteiger partial charge in [0.1, 0.15) is 0 Å². The van der Waals surface area contributed by atoms with Crippen LogP contribution in [-0.2, 0) is 14.3 Å². The lowest BCUT2D eigenvalue weighted by molar-refractivity contribution is -0.150. The van der Waals surface area contributed by atoms with Gasteiger partial charge in [-0.3, -0.25) is 4.79 Å². The first-order chi connectivity index (χ1) is 15.1. The van der Waals surface area contributed by atoms with E-state index >= 15 is 0 Å². The van der Waals surface area contributed by atoms with E-state index in [-0.39, 0.29) is 11.9 Å². The maximum Gasteiger partial charge on any atom is 0.310 e. The topological polar surface area (TPSA) is 38.8 Å². The molecule has 2 aromatic rings. The summed E-state index contributed by atoms with van der Waals surface area (Å²) in [6.45, 7) is 10.5. The Balaban J connectivity index is 1.59. The summed E-state index contributed by atoms with van der Waals surface area (Å²) in [6, 6.07) is 17.0. The molecule has 0 aliphatic carbocycles. The number of aryl methyl sites for hydroxylation is 2. The molecule has 166 valence electrons. The fourth-order valence-electron chi connectivity index (χ4n) is 4.25. The molecule has 0 amide bonds. The third-order valence-corrected chi connectivity index (χ3v) is 5.95. The highest BCUT2D eigenvalue weighted by atomic mass is 16.5. The predicted octanol–water partition coefficient (Wildman–Crippen LogP) is 5.03. The minimum atomic E-state index is -0.0582. The van der Waals surface area contributed by atoms with Gasteiger partial charge in [-0.05, 0) is 68.0 Å². The Morgan fingerprint density at radius 2 is 1.71 bits per heavy atom. The number of hydrogen-bond donors (Lipinski definition) is 0. The molecule has 1 atom stereocenters. The van der Waals surface area contributed by atoms with Gasteiger partial charge in [-0.1, -0.05) is 54.6 Å². The van der Waals surface area contributed by atoms with Gasteiger partial charge in [0.25, 0.3) is 0 Å². The van der Waals surface area contributed by atoms with Crippen molar-refractivity contribution >= 4 is 11.5 Å². The summed E-state index contributed by atoms with van der Waals surface area (Å²) in [5.41, 5.74) is 6.23. The summed E-state index contributed by atoms with van der Waals surface area (Å²) in [6.07, 6.45) is 4.16. The molecule has 1 aliphatic rings. The van der Waals surface area contributed by atoms with Gasteiger partial charge in [0.2, 0.25) is 0 Å². The third kappa shape index (κ3) is 6.52. The van der Waals surface area contributed by atoms with Crippen LogP contribution in [0.15, 0.2) is 54.6 Å². The highest BCUT2D eigenvalue weighted by molar-refractivity contribution is 5.82. The zero-order valence-corrected chi connectivity index (χ0v) is 19.1. The Bertz CT molecular complexity index is 842. The Labute approximate surface area is 186 Å². The molecule has 0 N–H and O–H groups in total. The highest BCUT2D eigenvalue weighted by Gasteiger charge is 2.26. The highest BCUT2D eigenvalue weighted by Crippen LogP contribution is 2.28. The molecule has 4 heteroatoms. The lowest BCUT2D eigenvalue weighted by Crippen LogP contribution is -2.40. The first kappa shape index (κ1) is 23.2. The molecular weight excluding hydrogens is 386 g/mol. The molecular formula is C27H35NO3. The number of hydrogen-bond acceptors (Lipinski definition) is 4. The van der Waals surface area contributed by atoms with Crippen LogP contribution < -0.4 is 0 Å². The quantitative estimate of drug-likeness (QED) is 0.421. The van der Waals surface area contributed by atoms with E-state index in [9.17, 15) is 4.79 Å². The van der Waals surface area contributed by atoms with Crippen molar-refractivity contribution in [1.29, 1.82) is 0 Å². The Kier molecular flexibility index (Phi) is 8.86. The van der Waals surface area contributed by atoms with E-state index in [0.717, 1.165) is 32.5 Å². The second kappa shape index (κ2) is 11.8. The summed E-state index contributed by atoms with van der Waals surface area (Å²) in [5, 5.41) is 0. The smallest absolute Gasteiger partial charge is 0.310 e. The Hall–Kier alpha value is -2.43. The third-order valence-electron chi connectivity index (χ3n) is 5.95. The van der Waals surface area contributed by atoms with Gasteiger partial charge in [-0.2, -0.15) is 0 Å². The molecule has 4 nitrogen and oxygen atoms in total. The standard InChI is InChI=1S/C27H35NO3/c1-4-31-27(29)23-12-9-16-28(20-23)17-19-30-18-15-26(24-13-7-5-10-21(24)2)25-14-8-6-11-22(25)3/h5-8,10-11,13-15,23H,4,9,12,16-20H2,1-3H3/t23-/m1/s1. The largest absolute Gasteiger partial charge is 0.466 e. The average molecular weight is 422 g/mol. The SMILES string of the molecule is CCOC(=O)[C@@H]1CCCN(CCOCC=C(c2ccccc2C)c2ccccc2C)C1. The van der Waals surface area contributed by atoms with Gasteiger partial charge in [-0.15, -0.1) is 0 Å². The first-order valence-electron chi connectivity index (χ1n) is 11.4. The van der Waals surface area contributed by atoms with Gasteiger partial charge < -0.3 is 14.4 Å². The molecule has 3 rings (SSSR count). The maximum atomic E-state index is 12.0. The Morgan fingerprint density at radius 3 is 2.32 bits per heavy atom. The van der Waals surface area contributed by atoms with E-state index in [1.165, 1.54) is 27.8 Å². The van der Waals surface area contributed by atoms with Crippen LogP contribution >= 0.6 is 0 Å². The molecule has 31 heavy (non-hydrogen) atoms. The molecule has 0 aromatic heterocycles. The minimum absolute atomic E-state index is 0.00214. The molecule has 1 saturated heterocycles. The summed E-state index contributed by atoms with van der Waals surface area (Å²) in [7, 11) is 0. The predicted molar refractivity (Wildman–Crippen MR) is 126 cm³/mol. The van der Waals surface area contributed by atoms with E-state index in [4.69, 9.17) is 9.47 Å². The molecule has 1 aliphatic heterocycles. The molecule has 2 aromatic carbocycles. The van der Waals surface area contributed by atoms with Crippen molar-refractivity contribution in [1.82, 2.24) is 4.90 Å². The summed E-state index contributed by atoms with van der Waals surface area (Å²) >= 11 is 0. The number of ether oxygens (including phenoxy) is 2. The van der Waals surface area contributed by atoms with Crippen molar-refractivity contribution < 1.29 is 14.3 Å². The fraction of sp³-hybridized carbons (Fsp3) is 0.444. The van der Waals surface area contributed by atoms with E-state index in [0.29, 0.717) is 19.8 Å². The van der Waals surface area contributed by atoms with Crippen LogP contribution in [0, 0.1) is 19.8 Å². The van der Waals surface area contributed by atoms with Gasteiger partial charge in [0.15, 0.2) is 0 Å². The zero-order valence-electron chi connectivity index (χ0n) is 19.1. The van der Waals surface area contributed by atoms with Crippen molar-refractivity contribution in [3.63, 3.8) is 0 Å². The molecule has 0 spiro atoms. The van der Waals surface area contributed by atoms with Crippen LogP contribution in [0.3, 0.4) is 0 Å². The van der Waals surface area contributed by atoms with Crippen molar-refractivity contribution in [3.8, 4) is 0 Å². The summed E-state index contributed by atoms with van der Waals surface area (Å²) < 4.78 is 11.2. The van der Waals surface area contributed by atoms with E-state index in [1.807, 2.05) is 6.92 Å². The minimum Gasteiger partial charge on any atom is -0.466 e. The molecule has 0 saturated carbocycles. The van der Waals surface area contributed by atoms with E-state index in [2.05, 4.69) is 73.4 Å². The maximum absolute atomic E-state index is 12.0. The van der Waals surface area contributed by atoms with Crippen LogP contribution in [0.1, 0.15) is 42.0 Å². The number of rotatable bonds is 9. The Morgan fingerprint density at radius 1 is 1.06 bits per heavy atom. The van der Waals surface area contributed by atoms with Gasteiger partial charge in [-0.25, -0.2) is 0 Å². The van der Waals surface area contributed by atoms with Crippen molar-refractivity contribution in [3.05, 3.63) is 76.9 Å². The summed E-state index contributed by atoms with van der Waals surface area (Å²) in [5.74, 6) is -0.0561. The lowest BCUT2D eigenvalue weighted by atomic mass is 9.91. The molecule has 1 fully saturated rings. The number of likely N-dealkylation sites (tertiary alicyclic amines) is 1. The van der Waals surface area contributed by atoms with Crippen LogP contribution in [-0.4, -0.2) is 50.3 Å². The second-order valence-electron chi connectivity index (χ2n) is 8.21. The first-order valence-corrected chi connectivity index (χ1v) is 11.4. The van der Waals surface area contributed by atoms with Crippen LogP contribution in [0.2, 0.25) is 0 Å². The molecule has 0 radical (unpaired) electrons. The molecule has 1 heterocycles. The lowest BCUT2D eigenvalue weighted by Gasteiger charge is -2.31. The summed E-state index contributed by atoms with van der Waals surface area (Å²) in [4.78, 5) is 14.3. The van der Waals surface area contributed by atoms with Crippen LogP contribution in [0.4, 0.5) is 0 Å². The zero-order chi connectivity index (χ0) is 22.1. The number of piperidine rings is 1. The van der Waals surface area contributed by atoms with Gasteiger partial charge >= 0.3 is 5.97 Å². The fourth-order valence-corrected chi connectivity index (χ4v) is 4.25. The number of esters is 1.